The molecule has 104 valence electrons. The van der Waals surface area contributed by atoms with Gasteiger partial charge in [0.05, 0.1) is 6.54 Å². The maximum Gasteiger partial charge on any atom is 0.337 e. The highest BCUT2D eigenvalue weighted by Crippen LogP contribution is 2.21. The zero-order valence-corrected chi connectivity index (χ0v) is 11.2. The molecule has 0 heterocycles. The molecule has 0 amide bonds. The number of aliphatic hydroxyl groups is 1. The Labute approximate surface area is 117 Å². The lowest BCUT2D eigenvalue weighted by Gasteiger charge is -2.19. The van der Waals surface area contributed by atoms with Gasteiger partial charge in [0.25, 0.3) is 0 Å². The lowest BCUT2D eigenvalue weighted by molar-refractivity contribution is -0.155. The molecule has 0 aliphatic carbocycles. The molecule has 0 radical (unpaired) electrons. The average molecular weight is 271 g/mol. The molecule has 0 fully saturated rings. The molecular formula is C16H17NO3. The minimum atomic E-state index is -1.78. The fraction of sp³-hybridized carbons (Fsp3) is 0.188. The second-order valence-electron chi connectivity index (χ2n) is 4.88. The molecule has 2 rings (SSSR count). The van der Waals surface area contributed by atoms with E-state index in [0.29, 0.717) is 0 Å². The third kappa shape index (κ3) is 3.36. The minimum absolute atomic E-state index is 0.0486. The van der Waals surface area contributed by atoms with E-state index in [1.807, 2.05) is 54.6 Å². The zero-order valence-electron chi connectivity index (χ0n) is 11.2. The normalized spacial score (nSPS) is 13.5. The van der Waals surface area contributed by atoms with E-state index in [2.05, 4.69) is 5.32 Å². The van der Waals surface area contributed by atoms with Crippen LogP contribution in [0.3, 0.4) is 0 Å². The summed E-state index contributed by atoms with van der Waals surface area (Å²) in [6.45, 7) is 1.22. The van der Waals surface area contributed by atoms with Crippen molar-refractivity contribution in [2.45, 2.75) is 12.5 Å². The van der Waals surface area contributed by atoms with Crippen LogP contribution in [0.4, 0.5) is 5.69 Å². The second-order valence-corrected chi connectivity index (χ2v) is 4.88. The lowest BCUT2D eigenvalue weighted by atomic mass is 10.1. The second kappa shape index (κ2) is 5.75. The molecule has 0 spiro atoms. The molecule has 1 unspecified atom stereocenters. The van der Waals surface area contributed by atoms with Crippen LogP contribution in [0.5, 0.6) is 0 Å². The summed E-state index contributed by atoms with van der Waals surface area (Å²) in [4.78, 5) is 10.8. The first-order valence-corrected chi connectivity index (χ1v) is 6.34. The van der Waals surface area contributed by atoms with Gasteiger partial charge >= 0.3 is 5.97 Å². The highest BCUT2D eigenvalue weighted by Gasteiger charge is 2.29. The molecule has 20 heavy (non-hydrogen) atoms. The average Bonchev–Trinajstić information content (AvgIpc) is 2.46. The molecule has 1 atom stereocenters. The van der Waals surface area contributed by atoms with Crippen molar-refractivity contribution in [1.82, 2.24) is 0 Å². The predicted molar refractivity (Wildman–Crippen MR) is 78.6 cm³/mol. The molecule has 2 aromatic carbocycles. The van der Waals surface area contributed by atoms with Crippen LogP contribution in [0, 0.1) is 0 Å². The van der Waals surface area contributed by atoms with Gasteiger partial charge in [0.2, 0.25) is 0 Å². The molecule has 4 nitrogen and oxygen atoms in total. The first-order chi connectivity index (χ1) is 9.49. The SMILES string of the molecule is CC(O)(CNc1ccc(-c2ccccc2)cc1)C(=O)O. The number of hydrogen-bond acceptors (Lipinski definition) is 3. The number of nitrogens with one attached hydrogen (secondary N) is 1. The molecule has 0 aliphatic heterocycles. The van der Waals surface area contributed by atoms with Crippen LogP contribution in [-0.2, 0) is 4.79 Å². The van der Waals surface area contributed by atoms with Crippen LogP contribution in [0.25, 0.3) is 11.1 Å². The van der Waals surface area contributed by atoms with Gasteiger partial charge in [0.1, 0.15) is 0 Å². The highest BCUT2D eigenvalue weighted by atomic mass is 16.4. The van der Waals surface area contributed by atoms with Crippen molar-refractivity contribution in [3.05, 3.63) is 54.6 Å². The Morgan fingerprint density at radius 1 is 1.05 bits per heavy atom. The number of carbonyl (C=O) groups is 1. The topological polar surface area (TPSA) is 69.6 Å². The van der Waals surface area contributed by atoms with E-state index in [-0.39, 0.29) is 6.54 Å². The van der Waals surface area contributed by atoms with Crippen molar-refractivity contribution in [2.75, 3.05) is 11.9 Å². The predicted octanol–water partition coefficient (Wildman–Crippen LogP) is 2.60. The summed E-state index contributed by atoms with van der Waals surface area (Å²) in [5, 5.41) is 21.4. The number of anilines is 1. The van der Waals surface area contributed by atoms with Gasteiger partial charge in [-0.2, -0.15) is 0 Å². The highest BCUT2D eigenvalue weighted by molar-refractivity contribution is 5.77. The van der Waals surface area contributed by atoms with Gasteiger partial charge in [-0.15, -0.1) is 0 Å². The Kier molecular flexibility index (Phi) is 4.05. The van der Waals surface area contributed by atoms with Crippen molar-refractivity contribution >= 4 is 11.7 Å². The Morgan fingerprint density at radius 2 is 1.60 bits per heavy atom. The summed E-state index contributed by atoms with van der Waals surface area (Å²) in [6, 6.07) is 17.6. The first-order valence-electron chi connectivity index (χ1n) is 6.34. The van der Waals surface area contributed by atoms with Gasteiger partial charge in [0, 0.05) is 5.69 Å². The van der Waals surface area contributed by atoms with Crippen LogP contribution in [0.1, 0.15) is 6.92 Å². The molecule has 0 bridgehead atoms. The Balaban J connectivity index is 2.04. The maximum absolute atomic E-state index is 10.8. The van der Waals surface area contributed by atoms with E-state index in [9.17, 15) is 9.90 Å². The molecule has 0 saturated carbocycles. The summed E-state index contributed by atoms with van der Waals surface area (Å²) in [6.07, 6.45) is 0. The van der Waals surface area contributed by atoms with Crippen molar-refractivity contribution in [1.29, 1.82) is 0 Å². The van der Waals surface area contributed by atoms with Gasteiger partial charge in [-0.05, 0) is 30.2 Å². The quantitative estimate of drug-likeness (QED) is 0.782. The molecule has 0 aliphatic rings. The fourth-order valence-corrected chi connectivity index (χ4v) is 1.76. The van der Waals surface area contributed by atoms with Gasteiger partial charge in [-0.25, -0.2) is 4.79 Å². The number of hydrogen-bond donors (Lipinski definition) is 3. The molecule has 0 aromatic heterocycles. The van der Waals surface area contributed by atoms with Crippen molar-refractivity contribution in [3.63, 3.8) is 0 Å². The monoisotopic (exact) mass is 271 g/mol. The number of aliphatic carboxylic acids is 1. The summed E-state index contributed by atoms with van der Waals surface area (Å²) in [5.41, 5.74) is 1.20. The van der Waals surface area contributed by atoms with Gasteiger partial charge in [-0.3, -0.25) is 0 Å². The van der Waals surface area contributed by atoms with E-state index in [0.717, 1.165) is 16.8 Å². The first kappa shape index (κ1) is 14.1. The maximum atomic E-state index is 10.8. The molecular weight excluding hydrogens is 254 g/mol. The Hall–Kier alpha value is -2.33. The van der Waals surface area contributed by atoms with Gasteiger partial charge in [0.15, 0.2) is 5.60 Å². The smallest absolute Gasteiger partial charge is 0.337 e. The fourth-order valence-electron chi connectivity index (χ4n) is 1.76. The molecule has 2 aromatic rings. The summed E-state index contributed by atoms with van der Waals surface area (Å²) in [7, 11) is 0. The summed E-state index contributed by atoms with van der Waals surface area (Å²) >= 11 is 0. The van der Waals surface area contributed by atoms with Crippen LogP contribution in [-0.4, -0.2) is 28.3 Å². The number of carboxylic acids is 1. The number of benzene rings is 2. The molecule has 4 heteroatoms. The van der Waals surface area contributed by atoms with E-state index in [1.165, 1.54) is 6.92 Å². The summed E-state index contributed by atoms with van der Waals surface area (Å²) in [5.74, 6) is -1.24. The summed E-state index contributed by atoms with van der Waals surface area (Å²) < 4.78 is 0. The largest absolute Gasteiger partial charge is 0.479 e. The minimum Gasteiger partial charge on any atom is -0.479 e. The third-order valence-corrected chi connectivity index (χ3v) is 3.09. The van der Waals surface area contributed by atoms with E-state index in [4.69, 9.17) is 5.11 Å². The van der Waals surface area contributed by atoms with Gasteiger partial charge < -0.3 is 15.5 Å². The third-order valence-electron chi connectivity index (χ3n) is 3.09. The Morgan fingerprint density at radius 3 is 2.15 bits per heavy atom. The standard InChI is InChI=1S/C16H17NO3/c1-16(20,15(18)19)11-17-14-9-7-13(8-10-14)12-5-3-2-4-6-12/h2-10,17,20H,11H2,1H3,(H,18,19). The van der Waals surface area contributed by atoms with E-state index < -0.39 is 11.6 Å². The van der Waals surface area contributed by atoms with Gasteiger partial charge in [-0.1, -0.05) is 42.5 Å². The Bertz CT molecular complexity index is 576. The lowest BCUT2D eigenvalue weighted by Crippen LogP contribution is -2.41. The van der Waals surface area contributed by atoms with Crippen molar-refractivity contribution in [3.8, 4) is 11.1 Å². The molecule has 0 saturated heterocycles. The van der Waals surface area contributed by atoms with Crippen LogP contribution in [0.15, 0.2) is 54.6 Å². The number of carboxylic acid groups (broad SMARTS) is 1. The van der Waals surface area contributed by atoms with E-state index in [1.54, 1.807) is 0 Å². The van der Waals surface area contributed by atoms with Crippen LogP contribution in [0.2, 0.25) is 0 Å². The number of rotatable bonds is 5. The van der Waals surface area contributed by atoms with E-state index >= 15 is 0 Å². The van der Waals surface area contributed by atoms with Crippen LogP contribution < -0.4 is 5.32 Å². The van der Waals surface area contributed by atoms with Crippen LogP contribution >= 0.6 is 0 Å². The molecule has 3 N–H and O–H groups in total. The zero-order chi connectivity index (χ0) is 14.6. The van der Waals surface area contributed by atoms with Crippen molar-refractivity contribution in [2.24, 2.45) is 0 Å². The van der Waals surface area contributed by atoms with Crippen molar-refractivity contribution < 1.29 is 15.0 Å².